The van der Waals surface area contributed by atoms with E-state index in [9.17, 15) is 13.2 Å². The van der Waals surface area contributed by atoms with Gasteiger partial charge in [-0.05, 0) is 35.7 Å². The summed E-state index contributed by atoms with van der Waals surface area (Å²) in [7, 11) is -3.78. The second kappa shape index (κ2) is 6.50. The van der Waals surface area contributed by atoms with Crippen LogP contribution in [-0.2, 0) is 14.8 Å². The van der Waals surface area contributed by atoms with E-state index in [1.807, 2.05) is 24.3 Å². The van der Waals surface area contributed by atoms with Crippen LogP contribution in [0.5, 0.6) is 0 Å². The third-order valence-electron chi connectivity index (χ3n) is 4.49. The van der Waals surface area contributed by atoms with E-state index in [0.717, 1.165) is 10.8 Å². The number of amides is 1. The van der Waals surface area contributed by atoms with Crippen LogP contribution in [0.15, 0.2) is 53.7 Å². The second-order valence-corrected chi connectivity index (χ2v) is 8.00. The first-order valence-electron chi connectivity index (χ1n) is 8.22. The molecule has 1 saturated heterocycles. The number of carbonyl (C=O) groups excluding carboxylic acids is 1. The van der Waals surface area contributed by atoms with Crippen molar-refractivity contribution in [2.24, 2.45) is 0 Å². The first kappa shape index (κ1) is 16.7. The Morgan fingerprint density at radius 2 is 2.00 bits per heavy atom. The Hall–Kier alpha value is -2.78. The molecule has 0 unspecified atom stereocenters. The minimum Gasteiger partial charge on any atom is -0.294 e. The minimum absolute atomic E-state index is 0.190. The molecule has 9 heteroatoms. The second-order valence-electron chi connectivity index (χ2n) is 6.11. The van der Waals surface area contributed by atoms with E-state index in [1.54, 1.807) is 18.2 Å². The van der Waals surface area contributed by atoms with Gasteiger partial charge in [0.05, 0.1) is 4.90 Å². The highest BCUT2D eigenvalue weighted by molar-refractivity contribution is 7.89. The number of benzene rings is 2. The maximum atomic E-state index is 13.1. The van der Waals surface area contributed by atoms with Crippen LogP contribution in [0.25, 0.3) is 10.8 Å². The zero-order valence-electron chi connectivity index (χ0n) is 13.8. The molecule has 0 radical (unpaired) electrons. The molecule has 2 N–H and O–H groups in total. The van der Waals surface area contributed by atoms with E-state index in [-0.39, 0.29) is 10.8 Å². The number of aromatic nitrogens is 3. The van der Waals surface area contributed by atoms with Gasteiger partial charge in [-0.2, -0.15) is 14.4 Å². The Morgan fingerprint density at radius 3 is 2.77 bits per heavy atom. The molecule has 1 fully saturated rings. The van der Waals surface area contributed by atoms with Gasteiger partial charge in [0.15, 0.2) is 0 Å². The Labute approximate surface area is 150 Å². The van der Waals surface area contributed by atoms with Crippen LogP contribution < -0.4 is 5.32 Å². The zero-order valence-corrected chi connectivity index (χ0v) is 14.6. The average molecular weight is 371 g/mol. The van der Waals surface area contributed by atoms with Crippen LogP contribution in [0.4, 0.5) is 5.95 Å². The molecule has 2 aromatic carbocycles. The van der Waals surface area contributed by atoms with Crippen molar-refractivity contribution in [3.05, 3.63) is 48.8 Å². The molecular formula is C17H17N5O3S. The van der Waals surface area contributed by atoms with Crippen molar-refractivity contribution in [3.63, 3.8) is 0 Å². The van der Waals surface area contributed by atoms with Gasteiger partial charge in [0, 0.05) is 6.54 Å². The Bertz CT molecular complexity index is 1050. The van der Waals surface area contributed by atoms with Gasteiger partial charge in [0.25, 0.3) is 0 Å². The molecule has 3 aromatic rings. The summed E-state index contributed by atoms with van der Waals surface area (Å²) in [5.74, 6) is -0.214. The molecule has 1 aliphatic rings. The molecule has 0 saturated carbocycles. The maximum absolute atomic E-state index is 13.1. The van der Waals surface area contributed by atoms with Crippen LogP contribution in [0, 0.1) is 0 Å². The number of nitrogens with one attached hydrogen (secondary N) is 2. The smallest absolute Gasteiger partial charge is 0.245 e. The number of carbonyl (C=O) groups is 1. The number of nitrogens with zero attached hydrogens (tertiary/aromatic N) is 3. The lowest BCUT2D eigenvalue weighted by atomic mass is 10.1. The highest BCUT2D eigenvalue weighted by Gasteiger charge is 2.39. The molecule has 1 amide bonds. The largest absolute Gasteiger partial charge is 0.294 e. The molecule has 8 nitrogen and oxygen atoms in total. The fourth-order valence-corrected chi connectivity index (χ4v) is 4.91. The predicted octanol–water partition coefficient (Wildman–Crippen LogP) is 1.75. The van der Waals surface area contributed by atoms with Crippen molar-refractivity contribution in [1.82, 2.24) is 19.5 Å². The van der Waals surface area contributed by atoms with E-state index < -0.39 is 22.0 Å². The van der Waals surface area contributed by atoms with Crippen molar-refractivity contribution < 1.29 is 13.2 Å². The summed E-state index contributed by atoms with van der Waals surface area (Å²) in [5.41, 5.74) is 0. The molecular weight excluding hydrogens is 354 g/mol. The van der Waals surface area contributed by atoms with Crippen molar-refractivity contribution in [2.45, 2.75) is 23.8 Å². The van der Waals surface area contributed by atoms with E-state index in [1.165, 1.54) is 10.6 Å². The highest BCUT2D eigenvalue weighted by atomic mass is 32.2. The van der Waals surface area contributed by atoms with Gasteiger partial charge < -0.3 is 0 Å². The fraction of sp³-hybridized carbons (Fsp3) is 0.235. The Balaban J connectivity index is 1.63. The lowest BCUT2D eigenvalue weighted by molar-refractivity contribution is -0.119. The average Bonchev–Trinajstić information content (AvgIpc) is 3.33. The Morgan fingerprint density at radius 1 is 1.19 bits per heavy atom. The van der Waals surface area contributed by atoms with Gasteiger partial charge in [0.1, 0.15) is 12.4 Å². The van der Waals surface area contributed by atoms with E-state index >= 15 is 0 Å². The van der Waals surface area contributed by atoms with Crippen molar-refractivity contribution >= 4 is 32.7 Å². The number of fused-ring (bicyclic) bond motifs is 1. The molecule has 26 heavy (non-hydrogen) atoms. The molecule has 1 aromatic heterocycles. The molecule has 0 aliphatic carbocycles. The van der Waals surface area contributed by atoms with E-state index in [0.29, 0.717) is 19.4 Å². The summed E-state index contributed by atoms with van der Waals surface area (Å²) in [5, 5.41) is 10.6. The summed E-state index contributed by atoms with van der Waals surface area (Å²) in [4.78, 5) is 16.5. The summed E-state index contributed by atoms with van der Waals surface area (Å²) < 4.78 is 27.5. The molecule has 0 spiro atoms. The number of hydrogen-bond acceptors (Lipinski definition) is 5. The van der Waals surface area contributed by atoms with Crippen molar-refractivity contribution in [1.29, 1.82) is 0 Å². The summed E-state index contributed by atoms with van der Waals surface area (Å²) in [6.07, 6.45) is 2.36. The van der Waals surface area contributed by atoms with Crippen LogP contribution in [0.3, 0.4) is 0 Å². The molecule has 2 heterocycles. The number of aromatic amines is 1. The van der Waals surface area contributed by atoms with Gasteiger partial charge in [0.2, 0.25) is 21.9 Å². The summed E-state index contributed by atoms with van der Waals surface area (Å²) in [6.45, 7) is 0.309. The van der Waals surface area contributed by atoms with Crippen LogP contribution in [0.1, 0.15) is 12.8 Å². The zero-order chi connectivity index (χ0) is 18.1. The standard InChI is InChI=1S/C17H17N5O3S/c23-16(20-17-18-11-19-21-17)15-6-3-9-22(15)26(24,25)14-8-7-12-4-1-2-5-13(12)10-14/h1-2,4-5,7-8,10-11,15H,3,6,9H2,(H2,18,19,20,21,23)/t15-/m1/s1. The number of sulfonamides is 1. The monoisotopic (exact) mass is 371 g/mol. The summed E-state index contributed by atoms with van der Waals surface area (Å²) in [6, 6.07) is 11.8. The van der Waals surface area contributed by atoms with E-state index in [4.69, 9.17) is 0 Å². The molecule has 1 atom stereocenters. The van der Waals surface area contributed by atoms with Gasteiger partial charge in [-0.15, -0.1) is 0 Å². The molecule has 1 aliphatic heterocycles. The van der Waals surface area contributed by atoms with Gasteiger partial charge in [-0.1, -0.05) is 30.3 Å². The van der Waals surface area contributed by atoms with Crippen molar-refractivity contribution in [2.75, 3.05) is 11.9 Å². The summed E-state index contributed by atoms with van der Waals surface area (Å²) >= 11 is 0. The first-order chi connectivity index (χ1) is 12.6. The van der Waals surface area contributed by atoms with Crippen molar-refractivity contribution in [3.8, 4) is 0 Å². The quantitative estimate of drug-likeness (QED) is 0.726. The lowest BCUT2D eigenvalue weighted by Gasteiger charge is -2.23. The molecule has 4 rings (SSSR count). The number of rotatable bonds is 4. The van der Waals surface area contributed by atoms with E-state index in [2.05, 4.69) is 20.5 Å². The number of H-pyrrole nitrogens is 1. The maximum Gasteiger partial charge on any atom is 0.245 e. The lowest BCUT2D eigenvalue weighted by Crippen LogP contribution is -2.43. The van der Waals surface area contributed by atoms with Crippen LogP contribution in [-0.4, -0.2) is 46.4 Å². The van der Waals surface area contributed by atoms with Gasteiger partial charge in [-0.3, -0.25) is 10.1 Å². The topological polar surface area (TPSA) is 108 Å². The minimum atomic E-state index is -3.78. The first-order valence-corrected chi connectivity index (χ1v) is 9.66. The molecule has 134 valence electrons. The van der Waals surface area contributed by atoms with Crippen LogP contribution in [0.2, 0.25) is 0 Å². The normalized spacial score (nSPS) is 18.2. The van der Waals surface area contributed by atoms with Crippen LogP contribution >= 0.6 is 0 Å². The number of hydrogen-bond donors (Lipinski definition) is 2. The molecule has 0 bridgehead atoms. The Kier molecular flexibility index (Phi) is 4.17. The fourth-order valence-electron chi connectivity index (χ4n) is 3.22. The third kappa shape index (κ3) is 2.95. The SMILES string of the molecule is O=C(Nc1ncn[nH]1)[C@H]1CCCN1S(=O)(=O)c1ccc2ccccc2c1. The predicted molar refractivity (Wildman–Crippen MR) is 95.9 cm³/mol. The van der Waals surface area contributed by atoms with Gasteiger partial charge >= 0.3 is 0 Å². The highest BCUT2D eigenvalue weighted by Crippen LogP contribution is 2.28. The number of anilines is 1. The van der Waals surface area contributed by atoms with Gasteiger partial charge in [-0.25, -0.2) is 13.5 Å². The third-order valence-corrected chi connectivity index (χ3v) is 6.39.